The van der Waals surface area contributed by atoms with Gasteiger partial charge < -0.3 is 5.11 Å². The second-order valence-corrected chi connectivity index (χ2v) is 3.57. The normalized spacial score (nSPS) is 23.6. The number of aliphatic carboxylic acids is 1. The van der Waals surface area contributed by atoms with Gasteiger partial charge in [0.15, 0.2) is 9.88 Å². The van der Waals surface area contributed by atoms with Crippen LogP contribution in [-0.2, 0) is 4.79 Å². The number of hydrazone groups is 1. The van der Waals surface area contributed by atoms with Crippen molar-refractivity contribution in [1.29, 1.82) is 0 Å². The maximum Gasteiger partial charge on any atom is 0.338 e. The Hall–Kier alpha value is -0.420. The molecule has 0 saturated carbocycles. The molecule has 1 atom stereocenters. The lowest BCUT2D eigenvalue weighted by Gasteiger charge is -2.15. The minimum atomic E-state index is -0.906. The van der Waals surface area contributed by atoms with Crippen molar-refractivity contribution in [3.8, 4) is 0 Å². The molecule has 1 aliphatic heterocycles. The molecule has 0 aromatic carbocycles. The van der Waals surface area contributed by atoms with Crippen LogP contribution >= 0.6 is 23.4 Å². The summed E-state index contributed by atoms with van der Waals surface area (Å²) in [6, 6.07) is 0. The molecule has 0 aromatic heterocycles. The molecule has 0 aromatic rings. The molecule has 1 unspecified atom stereocenters. The summed E-state index contributed by atoms with van der Waals surface area (Å²) < 4.78 is 0.291. The Morgan fingerprint density at radius 3 is 3.00 bits per heavy atom. The van der Waals surface area contributed by atoms with Crippen LogP contribution in [0.1, 0.15) is 6.92 Å². The van der Waals surface area contributed by atoms with Gasteiger partial charge in [0.25, 0.3) is 0 Å². The predicted molar refractivity (Wildman–Crippen MR) is 44.7 cm³/mol. The van der Waals surface area contributed by atoms with Gasteiger partial charge in [-0.15, -0.1) is 0 Å². The highest BCUT2D eigenvalue weighted by atomic mass is 35.5. The summed E-state index contributed by atoms with van der Waals surface area (Å²) in [4.78, 5) is 10.5. The molecule has 0 fully saturated rings. The Balaban J connectivity index is 2.66. The van der Waals surface area contributed by atoms with Gasteiger partial charge in [-0.25, -0.2) is 4.79 Å². The van der Waals surface area contributed by atoms with E-state index in [1.807, 2.05) is 6.92 Å². The number of carboxylic acid groups (broad SMARTS) is 1. The van der Waals surface area contributed by atoms with Crippen molar-refractivity contribution in [2.24, 2.45) is 5.10 Å². The first-order chi connectivity index (χ1) is 5.15. The van der Waals surface area contributed by atoms with Crippen molar-refractivity contribution in [2.45, 2.75) is 12.3 Å². The van der Waals surface area contributed by atoms with Crippen molar-refractivity contribution < 1.29 is 9.90 Å². The Morgan fingerprint density at radius 1 is 2.00 bits per heavy atom. The van der Waals surface area contributed by atoms with Gasteiger partial charge in [-0.2, -0.15) is 5.10 Å². The van der Waals surface area contributed by atoms with E-state index in [4.69, 9.17) is 16.7 Å². The van der Waals surface area contributed by atoms with Gasteiger partial charge in [0.1, 0.15) is 0 Å². The van der Waals surface area contributed by atoms with Gasteiger partial charge in [-0.3, -0.25) is 5.01 Å². The van der Waals surface area contributed by atoms with E-state index in [0.717, 1.165) is 11.8 Å². The molecule has 62 valence electrons. The Bertz CT molecular complexity index is 209. The van der Waals surface area contributed by atoms with Gasteiger partial charge in [-0.1, -0.05) is 23.4 Å². The van der Waals surface area contributed by atoms with Crippen LogP contribution in [0.3, 0.4) is 0 Å². The van der Waals surface area contributed by atoms with Crippen LogP contribution < -0.4 is 0 Å². The first-order valence-electron chi connectivity index (χ1n) is 3.05. The number of rotatable bonds is 2. The molecule has 0 saturated heterocycles. The zero-order valence-electron chi connectivity index (χ0n) is 5.82. The molecule has 1 rings (SSSR count). The van der Waals surface area contributed by atoms with Gasteiger partial charge >= 0.3 is 5.97 Å². The molecule has 11 heavy (non-hydrogen) atoms. The van der Waals surface area contributed by atoms with E-state index in [2.05, 4.69) is 5.10 Å². The van der Waals surface area contributed by atoms with Crippen LogP contribution in [0.25, 0.3) is 0 Å². The average Bonchev–Trinajstić information content (AvgIpc) is 2.30. The van der Waals surface area contributed by atoms with E-state index in [1.165, 1.54) is 5.01 Å². The van der Waals surface area contributed by atoms with Crippen molar-refractivity contribution in [3.05, 3.63) is 0 Å². The second-order valence-electron chi connectivity index (χ2n) is 1.92. The SMILES string of the molecule is CCN1N=C(Cl)SC1C(=O)O. The molecule has 1 N–H and O–H groups in total. The third-order valence-electron chi connectivity index (χ3n) is 1.22. The highest BCUT2D eigenvalue weighted by Crippen LogP contribution is 2.27. The van der Waals surface area contributed by atoms with Crippen LogP contribution in [-0.4, -0.2) is 32.5 Å². The van der Waals surface area contributed by atoms with E-state index in [-0.39, 0.29) is 0 Å². The van der Waals surface area contributed by atoms with Crippen molar-refractivity contribution in [3.63, 3.8) is 0 Å². The molecular weight excluding hydrogens is 188 g/mol. The lowest BCUT2D eigenvalue weighted by Crippen LogP contribution is -2.31. The fraction of sp³-hybridized carbons (Fsp3) is 0.600. The average molecular weight is 195 g/mol. The number of nitrogens with zero attached hydrogens (tertiary/aromatic N) is 2. The molecule has 4 nitrogen and oxygen atoms in total. The van der Waals surface area contributed by atoms with Crippen LogP contribution in [0, 0.1) is 0 Å². The third kappa shape index (κ3) is 1.78. The fourth-order valence-corrected chi connectivity index (χ4v) is 1.85. The van der Waals surface area contributed by atoms with Crippen LogP contribution in [0.4, 0.5) is 0 Å². The Labute approximate surface area is 73.2 Å². The van der Waals surface area contributed by atoms with E-state index < -0.39 is 11.3 Å². The van der Waals surface area contributed by atoms with Crippen LogP contribution in [0.5, 0.6) is 0 Å². The summed E-state index contributed by atoms with van der Waals surface area (Å²) in [5.74, 6) is -0.906. The number of carboxylic acids is 1. The van der Waals surface area contributed by atoms with Gasteiger partial charge in [0.05, 0.1) is 0 Å². The van der Waals surface area contributed by atoms with Crippen molar-refractivity contribution in [2.75, 3.05) is 6.54 Å². The molecule has 0 bridgehead atoms. The summed E-state index contributed by atoms with van der Waals surface area (Å²) in [7, 11) is 0. The number of carbonyl (C=O) groups is 1. The third-order valence-corrected chi connectivity index (χ3v) is 2.51. The van der Waals surface area contributed by atoms with Gasteiger partial charge in [0, 0.05) is 6.54 Å². The quantitative estimate of drug-likeness (QED) is 0.712. The molecule has 1 heterocycles. The number of halogens is 1. The van der Waals surface area contributed by atoms with Crippen molar-refractivity contribution in [1.82, 2.24) is 5.01 Å². The molecule has 0 aliphatic carbocycles. The monoisotopic (exact) mass is 194 g/mol. The minimum Gasteiger partial charge on any atom is -0.479 e. The first kappa shape index (κ1) is 8.67. The van der Waals surface area contributed by atoms with Crippen molar-refractivity contribution >= 4 is 33.8 Å². The zero-order chi connectivity index (χ0) is 8.43. The molecule has 0 amide bonds. The Morgan fingerprint density at radius 2 is 2.64 bits per heavy atom. The molecule has 6 heteroatoms. The maximum atomic E-state index is 10.5. The van der Waals surface area contributed by atoms with Crippen LogP contribution in [0.15, 0.2) is 5.10 Å². The predicted octanol–water partition coefficient (Wildman–Crippen LogP) is 0.976. The largest absolute Gasteiger partial charge is 0.479 e. The topological polar surface area (TPSA) is 52.9 Å². The van der Waals surface area contributed by atoms with E-state index in [1.54, 1.807) is 0 Å². The van der Waals surface area contributed by atoms with E-state index in [9.17, 15) is 4.79 Å². The summed E-state index contributed by atoms with van der Waals surface area (Å²) in [5, 5.41) is 13.2. The van der Waals surface area contributed by atoms with E-state index >= 15 is 0 Å². The summed E-state index contributed by atoms with van der Waals surface area (Å²) in [6.07, 6.45) is 0. The standard InChI is InChI=1S/C5H7ClN2O2S/c1-2-8-3(4(9)10)11-5(6)7-8/h3H,2H2,1H3,(H,9,10). The highest BCUT2D eigenvalue weighted by molar-refractivity contribution is 8.18. The lowest BCUT2D eigenvalue weighted by atomic mass is 10.6. The van der Waals surface area contributed by atoms with Gasteiger partial charge in [-0.05, 0) is 6.92 Å². The summed E-state index contributed by atoms with van der Waals surface area (Å²) >= 11 is 6.58. The molecule has 1 aliphatic rings. The van der Waals surface area contributed by atoms with Gasteiger partial charge in [0.2, 0.25) is 0 Å². The Kier molecular flexibility index (Phi) is 2.62. The molecule has 0 spiro atoms. The zero-order valence-corrected chi connectivity index (χ0v) is 7.39. The van der Waals surface area contributed by atoms with E-state index in [0.29, 0.717) is 11.0 Å². The molecular formula is C5H7ClN2O2S. The lowest BCUT2D eigenvalue weighted by molar-refractivity contribution is -0.139. The summed E-state index contributed by atoms with van der Waals surface area (Å²) in [5.41, 5.74) is 0. The number of hydrogen-bond donors (Lipinski definition) is 1. The summed E-state index contributed by atoms with van der Waals surface area (Å²) in [6.45, 7) is 2.38. The first-order valence-corrected chi connectivity index (χ1v) is 4.31. The number of likely N-dealkylation sites (N-methyl/N-ethyl adjacent to an activating group) is 1. The number of hydrogen-bond acceptors (Lipinski definition) is 4. The maximum absolute atomic E-state index is 10.5. The highest BCUT2D eigenvalue weighted by Gasteiger charge is 2.31. The van der Waals surface area contributed by atoms with Crippen LogP contribution in [0.2, 0.25) is 0 Å². The minimum absolute atomic E-state index is 0.291. The number of thioether (sulfide) groups is 1. The molecule has 0 radical (unpaired) electrons. The fourth-order valence-electron chi connectivity index (χ4n) is 0.744. The second kappa shape index (κ2) is 3.32. The smallest absolute Gasteiger partial charge is 0.338 e.